The van der Waals surface area contributed by atoms with Crippen LogP contribution in [0.1, 0.15) is 10.6 Å². The summed E-state index contributed by atoms with van der Waals surface area (Å²) in [4.78, 5) is 42.5. The average molecular weight is 367 g/mol. The maximum absolute atomic E-state index is 11.8. The van der Waals surface area contributed by atoms with Crippen LogP contribution in [-0.4, -0.2) is 41.3 Å². The maximum Gasteiger partial charge on any atom is 0.311 e. The topological polar surface area (TPSA) is 101 Å². The minimum Gasteiger partial charge on any atom is -0.469 e. The van der Waals surface area contributed by atoms with E-state index in [0.717, 1.165) is 18.2 Å². The number of carbonyl (C=O) groups is 2. The number of H-pyrrole nitrogens is 1. The molecule has 7 nitrogen and oxygen atoms in total. The smallest absolute Gasteiger partial charge is 0.311 e. The molecule has 0 radical (unpaired) electrons. The molecular formula is C15H17N3O4S2. The number of rotatable bonds is 8. The number of nitrogens with one attached hydrogen (secondary N) is 2. The first-order chi connectivity index (χ1) is 11.6. The molecule has 0 aliphatic heterocycles. The summed E-state index contributed by atoms with van der Waals surface area (Å²) in [6.45, 7) is 0.562. The molecule has 9 heteroatoms. The SMILES string of the molecule is COC(=O)Cc1cc(=O)[nH]c(SCC(=O)NCCc2cccs2)n1. The lowest BCUT2D eigenvalue weighted by Crippen LogP contribution is -2.27. The van der Waals surface area contributed by atoms with Crippen LogP contribution in [0.5, 0.6) is 0 Å². The molecule has 2 aromatic heterocycles. The Morgan fingerprint density at radius 3 is 3.00 bits per heavy atom. The van der Waals surface area contributed by atoms with Gasteiger partial charge >= 0.3 is 5.97 Å². The summed E-state index contributed by atoms with van der Waals surface area (Å²) < 4.78 is 4.55. The molecule has 0 spiro atoms. The van der Waals surface area contributed by atoms with E-state index in [1.54, 1.807) is 11.3 Å². The number of methoxy groups -OCH3 is 1. The summed E-state index contributed by atoms with van der Waals surface area (Å²) in [5.41, 5.74) is -0.0595. The van der Waals surface area contributed by atoms with Crippen molar-refractivity contribution >= 4 is 35.0 Å². The molecule has 2 rings (SSSR count). The molecule has 1 amide bonds. The van der Waals surface area contributed by atoms with Gasteiger partial charge in [0.2, 0.25) is 5.91 Å². The fraction of sp³-hybridized carbons (Fsp3) is 0.333. The molecule has 2 N–H and O–H groups in total. The Kier molecular flexibility index (Phi) is 7.01. The summed E-state index contributed by atoms with van der Waals surface area (Å²) in [6.07, 6.45) is 0.707. The van der Waals surface area contributed by atoms with Crippen molar-refractivity contribution in [2.24, 2.45) is 0 Å². The second-order valence-corrected chi connectivity index (χ2v) is 6.76. The molecule has 24 heavy (non-hydrogen) atoms. The number of thioether (sulfide) groups is 1. The molecule has 0 atom stereocenters. The fourth-order valence-corrected chi connectivity index (χ4v) is 3.26. The Labute approximate surface area is 146 Å². The van der Waals surface area contributed by atoms with Gasteiger partial charge in [-0.15, -0.1) is 11.3 Å². The number of aromatic nitrogens is 2. The van der Waals surface area contributed by atoms with E-state index in [2.05, 4.69) is 20.0 Å². The van der Waals surface area contributed by atoms with Gasteiger partial charge in [-0.1, -0.05) is 17.8 Å². The van der Waals surface area contributed by atoms with Crippen LogP contribution in [0.25, 0.3) is 0 Å². The van der Waals surface area contributed by atoms with E-state index in [4.69, 9.17) is 0 Å². The largest absolute Gasteiger partial charge is 0.469 e. The highest BCUT2D eigenvalue weighted by Crippen LogP contribution is 2.11. The molecule has 128 valence electrons. The number of esters is 1. The van der Waals surface area contributed by atoms with E-state index in [-0.39, 0.29) is 23.6 Å². The summed E-state index contributed by atoms with van der Waals surface area (Å²) in [5, 5.41) is 5.11. The average Bonchev–Trinajstić information content (AvgIpc) is 3.05. The van der Waals surface area contributed by atoms with E-state index >= 15 is 0 Å². The van der Waals surface area contributed by atoms with E-state index in [0.29, 0.717) is 17.4 Å². The van der Waals surface area contributed by atoms with Crippen LogP contribution >= 0.6 is 23.1 Å². The predicted molar refractivity (Wildman–Crippen MR) is 92.3 cm³/mol. The third kappa shape index (κ3) is 6.17. The molecule has 2 heterocycles. The van der Waals surface area contributed by atoms with Crippen molar-refractivity contribution in [1.82, 2.24) is 15.3 Å². The summed E-state index contributed by atoms with van der Waals surface area (Å²) >= 11 is 2.76. The first-order valence-electron chi connectivity index (χ1n) is 7.16. The lowest BCUT2D eigenvalue weighted by Gasteiger charge is -2.05. The summed E-state index contributed by atoms with van der Waals surface area (Å²) in [6, 6.07) is 5.23. The Morgan fingerprint density at radius 1 is 1.46 bits per heavy atom. The Balaban J connectivity index is 1.81. The van der Waals surface area contributed by atoms with Crippen molar-refractivity contribution < 1.29 is 14.3 Å². The van der Waals surface area contributed by atoms with Crippen LogP contribution in [0.4, 0.5) is 0 Å². The first kappa shape index (κ1) is 18.2. The third-order valence-corrected chi connectivity index (χ3v) is 4.75. The lowest BCUT2D eigenvalue weighted by molar-refractivity contribution is -0.139. The van der Waals surface area contributed by atoms with Crippen LogP contribution in [0.2, 0.25) is 0 Å². The van der Waals surface area contributed by atoms with Crippen molar-refractivity contribution in [3.63, 3.8) is 0 Å². The molecule has 0 unspecified atom stereocenters. The fourth-order valence-electron chi connectivity index (χ4n) is 1.83. The number of nitrogens with zero attached hydrogens (tertiary/aromatic N) is 1. The van der Waals surface area contributed by atoms with Crippen LogP contribution in [0, 0.1) is 0 Å². The molecule has 2 aromatic rings. The van der Waals surface area contributed by atoms with Gasteiger partial charge in [-0.3, -0.25) is 14.4 Å². The third-order valence-electron chi connectivity index (χ3n) is 2.94. The molecule has 0 aliphatic carbocycles. The van der Waals surface area contributed by atoms with Crippen molar-refractivity contribution in [2.45, 2.75) is 18.0 Å². The Morgan fingerprint density at radius 2 is 2.29 bits per heavy atom. The van der Waals surface area contributed by atoms with Crippen molar-refractivity contribution in [3.05, 3.63) is 44.5 Å². The zero-order chi connectivity index (χ0) is 17.4. The molecular weight excluding hydrogens is 350 g/mol. The number of thiophene rings is 1. The van der Waals surface area contributed by atoms with Crippen molar-refractivity contribution in [3.8, 4) is 0 Å². The quantitative estimate of drug-likeness (QED) is 0.410. The minimum atomic E-state index is -0.477. The van der Waals surface area contributed by atoms with Crippen molar-refractivity contribution in [2.75, 3.05) is 19.4 Å². The second-order valence-electron chi connectivity index (χ2n) is 4.76. The molecule has 0 fully saturated rings. The van der Waals surface area contributed by atoms with Crippen molar-refractivity contribution in [1.29, 1.82) is 0 Å². The highest BCUT2D eigenvalue weighted by atomic mass is 32.2. The molecule has 0 bridgehead atoms. The van der Waals surface area contributed by atoms with Gasteiger partial charge in [0.15, 0.2) is 5.16 Å². The van der Waals surface area contributed by atoms with E-state index in [9.17, 15) is 14.4 Å². The standard InChI is InChI=1S/C15H17N3O4S2/c1-22-14(21)8-10-7-12(19)18-15(17-10)24-9-13(20)16-5-4-11-3-2-6-23-11/h2-3,6-7H,4-5,8-9H2,1H3,(H,16,20)(H,17,18,19). The van der Waals surface area contributed by atoms with Gasteiger partial charge in [-0.05, 0) is 17.9 Å². The Bertz CT molecular complexity index is 743. The van der Waals surface area contributed by atoms with E-state index < -0.39 is 5.97 Å². The highest BCUT2D eigenvalue weighted by molar-refractivity contribution is 7.99. The monoisotopic (exact) mass is 367 g/mol. The number of hydrogen-bond acceptors (Lipinski definition) is 7. The van der Waals surface area contributed by atoms with E-state index in [1.807, 2.05) is 17.5 Å². The van der Waals surface area contributed by atoms with Gasteiger partial charge < -0.3 is 15.0 Å². The number of carbonyl (C=O) groups excluding carboxylic acids is 2. The summed E-state index contributed by atoms with van der Waals surface area (Å²) in [7, 11) is 1.27. The molecule has 0 aromatic carbocycles. The second kappa shape index (κ2) is 9.24. The highest BCUT2D eigenvalue weighted by Gasteiger charge is 2.09. The van der Waals surface area contributed by atoms with Gasteiger partial charge in [0.1, 0.15) is 0 Å². The van der Waals surface area contributed by atoms with E-state index in [1.165, 1.54) is 18.1 Å². The van der Waals surface area contributed by atoms with Crippen LogP contribution in [-0.2, 0) is 27.2 Å². The number of aromatic amines is 1. The minimum absolute atomic E-state index is 0.0824. The first-order valence-corrected chi connectivity index (χ1v) is 9.02. The van der Waals surface area contributed by atoms with Crippen LogP contribution in [0.3, 0.4) is 0 Å². The molecule has 0 saturated carbocycles. The lowest BCUT2D eigenvalue weighted by atomic mass is 10.3. The normalized spacial score (nSPS) is 10.4. The maximum atomic E-state index is 11.8. The van der Waals surface area contributed by atoms with Gasteiger partial charge in [0.25, 0.3) is 5.56 Å². The zero-order valence-corrected chi connectivity index (χ0v) is 14.7. The molecule has 0 aliphatic rings. The predicted octanol–water partition coefficient (Wildman–Crippen LogP) is 0.998. The van der Waals surface area contributed by atoms with Crippen LogP contribution < -0.4 is 10.9 Å². The number of hydrogen-bond donors (Lipinski definition) is 2. The number of ether oxygens (including phenoxy) is 1. The number of amides is 1. The molecule has 0 saturated heterocycles. The zero-order valence-electron chi connectivity index (χ0n) is 13.0. The Hall–Kier alpha value is -2.13. The van der Waals surface area contributed by atoms with Gasteiger partial charge in [-0.25, -0.2) is 4.98 Å². The van der Waals surface area contributed by atoms with Gasteiger partial charge in [-0.2, -0.15) is 0 Å². The van der Waals surface area contributed by atoms with Gasteiger partial charge in [0.05, 0.1) is 25.0 Å². The van der Waals surface area contributed by atoms with Crippen LogP contribution in [0.15, 0.2) is 33.5 Å². The van der Waals surface area contributed by atoms with Gasteiger partial charge in [0, 0.05) is 17.5 Å². The summed E-state index contributed by atoms with van der Waals surface area (Å²) in [5.74, 6) is -0.484.